The van der Waals surface area contributed by atoms with E-state index in [1.54, 1.807) is 11.3 Å². The molecule has 100 valence electrons. The SMILES string of the molecule is N#CC(C(=O)c1cc2c(s1)CCC2)c1ccccc1Br. The molecule has 0 saturated heterocycles. The molecule has 1 aromatic heterocycles. The van der Waals surface area contributed by atoms with Crippen LogP contribution in [0.25, 0.3) is 0 Å². The molecule has 20 heavy (non-hydrogen) atoms. The van der Waals surface area contributed by atoms with Gasteiger partial charge in [-0.3, -0.25) is 4.79 Å². The average molecular weight is 346 g/mol. The fourth-order valence-corrected chi connectivity index (χ4v) is 4.31. The topological polar surface area (TPSA) is 40.9 Å². The summed E-state index contributed by atoms with van der Waals surface area (Å²) in [6, 6.07) is 11.6. The van der Waals surface area contributed by atoms with Crippen molar-refractivity contribution in [1.29, 1.82) is 5.26 Å². The second kappa shape index (κ2) is 5.51. The second-order valence-electron chi connectivity index (χ2n) is 4.86. The maximum Gasteiger partial charge on any atom is 0.194 e. The third-order valence-electron chi connectivity index (χ3n) is 3.60. The van der Waals surface area contributed by atoms with Crippen LogP contribution in [0, 0.1) is 11.3 Å². The molecule has 0 spiro atoms. The summed E-state index contributed by atoms with van der Waals surface area (Å²) in [6.07, 6.45) is 3.31. The fraction of sp³-hybridized carbons (Fsp3) is 0.250. The number of halogens is 1. The standard InChI is InChI=1S/C16H12BrNOS/c17-13-6-2-1-5-11(13)12(9-18)16(19)15-8-10-4-3-7-14(10)20-15/h1-2,5-6,8,12H,3-4,7H2. The number of benzene rings is 1. The highest BCUT2D eigenvalue weighted by molar-refractivity contribution is 9.10. The summed E-state index contributed by atoms with van der Waals surface area (Å²) in [5, 5.41) is 9.40. The van der Waals surface area contributed by atoms with Gasteiger partial charge in [-0.15, -0.1) is 11.3 Å². The maximum atomic E-state index is 12.6. The Morgan fingerprint density at radius 2 is 2.15 bits per heavy atom. The molecular formula is C16H12BrNOS. The summed E-state index contributed by atoms with van der Waals surface area (Å²) < 4.78 is 0.809. The number of fused-ring (bicyclic) bond motifs is 1. The van der Waals surface area contributed by atoms with Crippen LogP contribution < -0.4 is 0 Å². The zero-order chi connectivity index (χ0) is 14.1. The number of carbonyl (C=O) groups is 1. The van der Waals surface area contributed by atoms with Crippen LogP contribution in [0.3, 0.4) is 0 Å². The summed E-state index contributed by atoms with van der Waals surface area (Å²) >= 11 is 4.98. The number of ketones is 1. The molecule has 0 saturated carbocycles. The molecule has 0 bridgehead atoms. The minimum atomic E-state index is -0.732. The Kier molecular flexibility index (Phi) is 3.73. The van der Waals surface area contributed by atoms with E-state index in [2.05, 4.69) is 22.0 Å². The van der Waals surface area contributed by atoms with E-state index in [1.165, 1.54) is 16.9 Å². The van der Waals surface area contributed by atoms with Crippen molar-refractivity contribution in [1.82, 2.24) is 0 Å². The Bertz CT molecular complexity index is 692. The van der Waals surface area contributed by atoms with Gasteiger partial charge in [-0.2, -0.15) is 5.26 Å². The van der Waals surface area contributed by atoms with E-state index in [9.17, 15) is 10.1 Å². The summed E-state index contributed by atoms with van der Waals surface area (Å²) in [6.45, 7) is 0. The lowest BCUT2D eigenvalue weighted by Crippen LogP contribution is -2.10. The third-order valence-corrected chi connectivity index (χ3v) is 5.57. The summed E-state index contributed by atoms with van der Waals surface area (Å²) in [7, 11) is 0. The number of nitrogens with zero attached hydrogens (tertiary/aromatic N) is 1. The Balaban J connectivity index is 1.95. The van der Waals surface area contributed by atoms with Gasteiger partial charge >= 0.3 is 0 Å². The van der Waals surface area contributed by atoms with E-state index in [0.29, 0.717) is 0 Å². The fourth-order valence-electron chi connectivity index (χ4n) is 2.57. The van der Waals surface area contributed by atoms with Gasteiger partial charge < -0.3 is 0 Å². The van der Waals surface area contributed by atoms with Crippen LogP contribution in [-0.2, 0) is 12.8 Å². The molecule has 1 atom stereocenters. The molecule has 2 aromatic rings. The van der Waals surface area contributed by atoms with Gasteiger partial charge in [-0.1, -0.05) is 34.1 Å². The highest BCUT2D eigenvalue weighted by Gasteiger charge is 2.27. The van der Waals surface area contributed by atoms with Crippen molar-refractivity contribution in [2.24, 2.45) is 0 Å². The zero-order valence-corrected chi connectivity index (χ0v) is 13.1. The second-order valence-corrected chi connectivity index (χ2v) is 6.85. The van der Waals surface area contributed by atoms with Gasteiger partial charge in [0.25, 0.3) is 0 Å². The van der Waals surface area contributed by atoms with Crippen molar-refractivity contribution >= 4 is 33.0 Å². The smallest absolute Gasteiger partial charge is 0.194 e. The Morgan fingerprint density at radius 1 is 1.35 bits per heavy atom. The number of Topliss-reactive ketones (excluding diaryl/α,β-unsaturated/α-hetero) is 1. The Morgan fingerprint density at radius 3 is 2.85 bits per heavy atom. The van der Waals surface area contributed by atoms with Crippen LogP contribution in [-0.4, -0.2) is 5.78 Å². The minimum Gasteiger partial charge on any atom is -0.291 e. The zero-order valence-electron chi connectivity index (χ0n) is 10.7. The normalized spacial score (nSPS) is 14.6. The van der Waals surface area contributed by atoms with Crippen molar-refractivity contribution in [3.63, 3.8) is 0 Å². The largest absolute Gasteiger partial charge is 0.291 e. The monoisotopic (exact) mass is 345 g/mol. The molecule has 0 N–H and O–H groups in total. The quantitative estimate of drug-likeness (QED) is 0.769. The van der Waals surface area contributed by atoms with E-state index in [1.807, 2.05) is 30.3 Å². The number of rotatable bonds is 3. The lowest BCUT2D eigenvalue weighted by Gasteiger charge is -2.09. The predicted octanol–water partition coefficient (Wildman–Crippen LogP) is 4.49. The minimum absolute atomic E-state index is 0.0844. The van der Waals surface area contributed by atoms with Crippen molar-refractivity contribution in [3.8, 4) is 6.07 Å². The van der Waals surface area contributed by atoms with Crippen LogP contribution in [0.4, 0.5) is 0 Å². The molecule has 3 rings (SSSR count). The molecule has 1 heterocycles. The van der Waals surface area contributed by atoms with Crippen LogP contribution in [0.2, 0.25) is 0 Å². The number of carbonyl (C=O) groups excluding carboxylic acids is 1. The van der Waals surface area contributed by atoms with Gasteiger partial charge in [0.2, 0.25) is 0 Å². The molecule has 4 heteroatoms. The van der Waals surface area contributed by atoms with Crippen LogP contribution in [0.5, 0.6) is 0 Å². The number of hydrogen-bond donors (Lipinski definition) is 0. The Hall–Kier alpha value is -1.44. The predicted molar refractivity (Wildman–Crippen MR) is 83.2 cm³/mol. The van der Waals surface area contributed by atoms with Crippen LogP contribution in [0.15, 0.2) is 34.8 Å². The molecule has 0 fully saturated rings. The summed E-state index contributed by atoms with van der Waals surface area (Å²) in [5.41, 5.74) is 2.04. The van der Waals surface area contributed by atoms with Gasteiger partial charge in [0.15, 0.2) is 5.78 Å². The molecule has 0 amide bonds. The van der Waals surface area contributed by atoms with Gasteiger partial charge in [-0.25, -0.2) is 0 Å². The lowest BCUT2D eigenvalue weighted by atomic mass is 9.95. The van der Waals surface area contributed by atoms with Gasteiger partial charge in [-0.05, 0) is 42.5 Å². The van der Waals surface area contributed by atoms with E-state index >= 15 is 0 Å². The number of hydrogen-bond acceptors (Lipinski definition) is 3. The van der Waals surface area contributed by atoms with Gasteiger partial charge in [0.05, 0.1) is 10.9 Å². The summed E-state index contributed by atoms with van der Waals surface area (Å²) in [5.74, 6) is -0.817. The molecule has 1 aliphatic rings. The highest BCUT2D eigenvalue weighted by Crippen LogP contribution is 2.34. The lowest BCUT2D eigenvalue weighted by molar-refractivity contribution is 0.0982. The van der Waals surface area contributed by atoms with E-state index < -0.39 is 5.92 Å². The van der Waals surface area contributed by atoms with Crippen molar-refractivity contribution < 1.29 is 4.79 Å². The van der Waals surface area contributed by atoms with Crippen LogP contribution in [0.1, 0.15) is 38.0 Å². The van der Waals surface area contributed by atoms with Crippen molar-refractivity contribution in [2.45, 2.75) is 25.2 Å². The third kappa shape index (κ3) is 2.32. The van der Waals surface area contributed by atoms with E-state index in [0.717, 1.165) is 27.8 Å². The first-order valence-corrected chi connectivity index (χ1v) is 8.11. The van der Waals surface area contributed by atoms with E-state index in [4.69, 9.17) is 0 Å². The van der Waals surface area contributed by atoms with Crippen molar-refractivity contribution in [3.05, 3.63) is 55.7 Å². The maximum absolute atomic E-state index is 12.6. The Labute approximate surface area is 130 Å². The van der Waals surface area contributed by atoms with Crippen molar-refractivity contribution in [2.75, 3.05) is 0 Å². The first-order valence-electron chi connectivity index (χ1n) is 6.50. The number of aryl methyl sites for hydroxylation is 2. The number of thiophene rings is 1. The average Bonchev–Trinajstić information content (AvgIpc) is 3.02. The highest BCUT2D eigenvalue weighted by atomic mass is 79.9. The molecule has 2 nitrogen and oxygen atoms in total. The van der Waals surface area contributed by atoms with E-state index in [-0.39, 0.29) is 5.78 Å². The molecular weight excluding hydrogens is 334 g/mol. The summed E-state index contributed by atoms with van der Waals surface area (Å²) in [4.78, 5) is 14.6. The van der Waals surface area contributed by atoms with Gasteiger partial charge in [0.1, 0.15) is 5.92 Å². The van der Waals surface area contributed by atoms with Gasteiger partial charge in [0, 0.05) is 9.35 Å². The first-order chi connectivity index (χ1) is 9.70. The molecule has 0 aliphatic heterocycles. The first kappa shape index (κ1) is 13.5. The molecule has 1 unspecified atom stereocenters. The molecule has 1 aliphatic carbocycles. The molecule has 1 aromatic carbocycles. The number of nitriles is 1. The molecule has 0 radical (unpaired) electrons. The van der Waals surface area contributed by atoms with Crippen LogP contribution >= 0.6 is 27.3 Å².